The van der Waals surface area contributed by atoms with E-state index in [4.69, 9.17) is 5.11 Å². The SMILES string of the molecule is O=c1c(C(F)F)c[nH]c(CBr)c1CO. The molecule has 0 atom stereocenters. The Morgan fingerprint density at radius 3 is 2.64 bits per heavy atom. The molecule has 0 spiro atoms. The number of rotatable bonds is 3. The Kier molecular flexibility index (Phi) is 3.77. The van der Waals surface area contributed by atoms with E-state index in [2.05, 4.69) is 20.9 Å². The minimum absolute atomic E-state index is 0.0142. The molecule has 0 bridgehead atoms. The first kappa shape index (κ1) is 11.3. The number of alkyl halides is 3. The molecule has 1 aromatic rings. The minimum atomic E-state index is -2.83. The van der Waals surface area contributed by atoms with Gasteiger partial charge in [0.2, 0.25) is 0 Å². The summed E-state index contributed by atoms with van der Waals surface area (Å²) in [6, 6.07) is 0. The summed E-state index contributed by atoms with van der Waals surface area (Å²) in [5, 5.41) is 9.16. The Bertz CT molecular complexity index is 378. The smallest absolute Gasteiger partial charge is 0.269 e. The van der Waals surface area contributed by atoms with Crippen molar-refractivity contribution in [2.75, 3.05) is 0 Å². The largest absolute Gasteiger partial charge is 0.391 e. The van der Waals surface area contributed by atoms with Gasteiger partial charge in [-0.3, -0.25) is 4.79 Å². The molecule has 0 aliphatic carbocycles. The molecule has 0 saturated carbocycles. The average molecular weight is 268 g/mol. The summed E-state index contributed by atoms with van der Waals surface area (Å²) >= 11 is 3.08. The van der Waals surface area contributed by atoms with E-state index < -0.39 is 24.0 Å². The first-order chi connectivity index (χ1) is 6.61. The lowest BCUT2D eigenvalue weighted by molar-refractivity contribution is 0.149. The van der Waals surface area contributed by atoms with Crippen LogP contribution in [-0.2, 0) is 11.9 Å². The number of H-pyrrole nitrogens is 1. The number of aliphatic hydroxyl groups is 1. The van der Waals surface area contributed by atoms with E-state index in [0.717, 1.165) is 6.20 Å². The predicted octanol–water partition coefficient (Wildman–Crippen LogP) is 1.70. The maximum atomic E-state index is 12.3. The van der Waals surface area contributed by atoms with Crippen LogP contribution in [0.4, 0.5) is 8.78 Å². The molecule has 0 saturated heterocycles. The molecule has 3 nitrogen and oxygen atoms in total. The quantitative estimate of drug-likeness (QED) is 0.820. The molecule has 0 aliphatic heterocycles. The maximum Gasteiger partial charge on any atom is 0.269 e. The van der Waals surface area contributed by atoms with Crippen molar-refractivity contribution in [2.45, 2.75) is 18.4 Å². The molecule has 1 rings (SSSR count). The highest BCUT2D eigenvalue weighted by molar-refractivity contribution is 9.08. The van der Waals surface area contributed by atoms with Gasteiger partial charge in [-0.25, -0.2) is 8.78 Å². The van der Waals surface area contributed by atoms with E-state index in [1.165, 1.54) is 0 Å². The van der Waals surface area contributed by atoms with Crippen molar-refractivity contribution in [2.24, 2.45) is 0 Å². The number of pyridine rings is 1. The van der Waals surface area contributed by atoms with E-state index in [9.17, 15) is 13.6 Å². The van der Waals surface area contributed by atoms with Crippen molar-refractivity contribution < 1.29 is 13.9 Å². The van der Waals surface area contributed by atoms with Gasteiger partial charge in [-0.2, -0.15) is 0 Å². The molecule has 0 aliphatic rings. The highest BCUT2D eigenvalue weighted by Crippen LogP contribution is 2.16. The van der Waals surface area contributed by atoms with Gasteiger partial charge in [0.25, 0.3) is 6.43 Å². The number of halogens is 3. The van der Waals surface area contributed by atoms with Gasteiger partial charge in [0.05, 0.1) is 12.2 Å². The molecule has 0 unspecified atom stereocenters. The maximum absolute atomic E-state index is 12.3. The lowest BCUT2D eigenvalue weighted by Gasteiger charge is -2.06. The van der Waals surface area contributed by atoms with Gasteiger partial charge in [-0.05, 0) is 0 Å². The van der Waals surface area contributed by atoms with E-state index >= 15 is 0 Å². The lowest BCUT2D eigenvalue weighted by atomic mass is 10.1. The fraction of sp³-hybridized carbons (Fsp3) is 0.375. The summed E-state index contributed by atoms with van der Waals surface area (Å²) < 4.78 is 24.5. The molecular weight excluding hydrogens is 260 g/mol. The molecule has 0 radical (unpaired) electrons. The zero-order valence-corrected chi connectivity index (χ0v) is 8.64. The molecule has 14 heavy (non-hydrogen) atoms. The molecule has 1 heterocycles. The van der Waals surface area contributed by atoms with Crippen molar-refractivity contribution >= 4 is 15.9 Å². The fourth-order valence-corrected chi connectivity index (χ4v) is 1.58. The molecule has 0 fully saturated rings. The number of nitrogens with one attached hydrogen (secondary N) is 1. The molecule has 2 N–H and O–H groups in total. The monoisotopic (exact) mass is 267 g/mol. The summed E-state index contributed by atoms with van der Waals surface area (Å²) in [6.07, 6.45) is -1.85. The van der Waals surface area contributed by atoms with Crippen molar-refractivity contribution in [3.63, 3.8) is 0 Å². The zero-order valence-electron chi connectivity index (χ0n) is 7.06. The third-order valence-electron chi connectivity index (χ3n) is 1.83. The molecule has 6 heteroatoms. The fourth-order valence-electron chi connectivity index (χ4n) is 1.08. The molecular formula is C8H8BrF2NO2. The van der Waals surface area contributed by atoms with Gasteiger partial charge >= 0.3 is 0 Å². The van der Waals surface area contributed by atoms with Gasteiger partial charge in [0.1, 0.15) is 0 Å². The van der Waals surface area contributed by atoms with Crippen LogP contribution in [0.1, 0.15) is 23.2 Å². The van der Waals surface area contributed by atoms with Crippen molar-refractivity contribution in [1.29, 1.82) is 0 Å². The zero-order chi connectivity index (χ0) is 10.7. The highest BCUT2D eigenvalue weighted by Gasteiger charge is 2.16. The Labute approximate surface area is 86.9 Å². The van der Waals surface area contributed by atoms with Crippen LogP contribution < -0.4 is 5.43 Å². The summed E-state index contributed by atoms with van der Waals surface area (Å²) in [5.74, 6) is 0. The van der Waals surface area contributed by atoms with E-state index in [1.54, 1.807) is 0 Å². The average Bonchev–Trinajstić information content (AvgIpc) is 2.16. The van der Waals surface area contributed by atoms with Gasteiger partial charge < -0.3 is 10.1 Å². The number of aromatic amines is 1. The normalized spacial score (nSPS) is 10.9. The van der Waals surface area contributed by atoms with Crippen LogP contribution >= 0.6 is 15.9 Å². The van der Waals surface area contributed by atoms with Crippen LogP contribution in [0.25, 0.3) is 0 Å². The third-order valence-corrected chi connectivity index (χ3v) is 2.39. The summed E-state index contributed by atoms with van der Waals surface area (Å²) in [4.78, 5) is 13.9. The second kappa shape index (κ2) is 4.65. The Morgan fingerprint density at radius 2 is 2.21 bits per heavy atom. The van der Waals surface area contributed by atoms with Gasteiger partial charge in [0, 0.05) is 22.8 Å². The Balaban J connectivity index is 3.35. The highest BCUT2D eigenvalue weighted by atomic mass is 79.9. The second-order valence-corrected chi connectivity index (χ2v) is 3.18. The van der Waals surface area contributed by atoms with Gasteiger partial charge in [-0.15, -0.1) is 0 Å². The predicted molar refractivity (Wildman–Crippen MR) is 50.6 cm³/mol. The first-order valence-corrected chi connectivity index (χ1v) is 4.92. The molecule has 0 amide bonds. The van der Waals surface area contributed by atoms with E-state index in [1.807, 2.05) is 0 Å². The van der Waals surface area contributed by atoms with Crippen molar-refractivity contribution in [1.82, 2.24) is 4.98 Å². The van der Waals surface area contributed by atoms with Crippen LogP contribution in [0.3, 0.4) is 0 Å². The Morgan fingerprint density at radius 1 is 1.57 bits per heavy atom. The van der Waals surface area contributed by atoms with Crippen LogP contribution in [0.5, 0.6) is 0 Å². The third kappa shape index (κ3) is 2.01. The standard InChI is InChI=1S/C8H8BrF2NO2/c9-1-6-5(3-13)7(14)4(2-12-6)8(10)11/h2,8,13H,1,3H2,(H,12,14). The van der Waals surface area contributed by atoms with E-state index in [0.29, 0.717) is 11.0 Å². The second-order valence-electron chi connectivity index (χ2n) is 2.62. The van der Waals surface area contributed by atoms with Crippen molar-refractivity contribution in [3.8, 4) is 0 Å². The molecule has 78 valence electrons. The number of hydrogen-bond acceptors (Lipinski definition) is 2. The number of aromatic nitrogens is 1. The number of hydrogen-bond donors (Lipinski definition) is 2. The van der Waals surface area contributed by atoms with Gasteiger partial charge in [-0.1, -0.05) is 15.9 Å². The van der Waals surface area contributed by atoms with Crippen LogP contribution in [0.15, 0.2) is 11.0 Å². The Hall–Kier alpha value is -0.750. The van der Waals surface area contributed by atoms with Crippen LogP contribution in [0, 0.1) is 0 Å². The first-order valence-electron chi connectivity index (χ1n) is 3.80. The van der Waals surface area contributed by atoms with Crippen molar-refractivity contribution in [3.05, 3.63) is 33.2 Å². The van der Waals surface area contributed by atoms with Crippen LogP contribution in [-0.4, -0.2) is 10.1 Å². The van der Waals surface area contributed by atoms with Gasteiger partial charge in [0.15, 0.2) is 5.43 Å². The van der Waals surface area contributed by atoms with Crippen LogP contribution in [0.2, 0.25) is 0 Å². The molecule has 1 aromatic heterocycles. The van der Waals surface area contributed by atoms with E-state index in [-0.39, 0.29) is 5.56 Å². The minimum Gasteiger partial charge on any atom is -0.391 e. The molecule has 0 aromatic carbocycles. The summed E-state index contributed by atoms with van der Waals surface area (Å²) in [7, 11) is 0. The lowest BCUT2D eigenvalue weighted by Crippen LogP contribution is -2.18. The topological polar surface area (TPSA) is 53.1 Å². The number of aliphatic hydroxyl groups excluding tert-OH is 1. The summed E-state index contributed by atoms with van der Waals surface area (Å²) in [6.45, 7) is -0.545. The summed E-state index contributed by atoms with van der Waals surface area (Å²) in [5.41, 5.74) is -1.00.